The first-order chi connectivity index (χ1) is 12.9. The van der Waals surface area contributed by atoms with Crippen molar-refractivity contribution in [3.8, 4) is 0 Å². The molecule has 3 aromatic rings. The Hall–Kier alpha value is -3.27. The Balaban J connectivity index is 1.56. The maximum atomic E-state index is 12.2. The molecule has 0 aliphatic heterocycles. The number of carbonyl (C=O) groups is 1. The highest BCUT2D eigenvalue weighted by molar-refractivity contribution is 5.99. The largest absolute Gasteiger partial charge is 0.356 e. The van der Waals surface area contributed by atoms with Crippen molar-refractivity contribution in [3.05, 3.63) is 84.4 Å². The standard InChI is InChI=1S/C23H25N3O/c1-23(2,3)17-9-11-20(12-10-17)25-22(27)26-21-15-13-19(14-16-21)24-18-7-5-4-6-8-18/h4-16,24H,1-3H3,(H2,25,26,27). The Bertz CT molecular complexity index is 880. The Labute approximate surface area is 160 Å². The average molecular weight is 359 g/mol. The van der Waals surface area contributed by atoms with Gasteiger partial charge in [-0.15, -0.1) is 0 Å². The molecule has 0 aromatic heterocycles. The van der Waals surface area contributed by atoms with E-state index < -0.39 is 0 Å². The van der Waals surface area contributed by atoms with Gasteiger partial charge in [0.15, 0.2) is 0 Å². The number of urea groups is 1. The smallest absolute Gasteiger partial charge is 0.323 e. The summed E-state index contributed by atoms with van der Waals surface area (Å²) in [5, 5.41) is 9.02. The van der Waals surface area contributed by atoms with Crippen LogP contribution < -0.4 is 16.0 Å². The van der Waals surface area contributed by atoms with Gasteiger partial charge in [0.05, 0.1) is 0 Å². The molecule has 0 radical (unpaired) electrons. The molecule has 138 valence electrons. The molecule has 0 unspecified atom stereocenters. The highest BCUT2D eigenvalue weighted by Gasteiger charge is 2.13. The quantitative estimate of drug-likeness (QED) is 0.507. The highest BCUT2D eigenvalue weighted by Crippen LogP contribution is 2.23. The van der Waals surface area contributed by atoms with Gasteiger partial charge in [0.25, 0.3) is 0 Å². The van der Waals surface area contributed by atoms with Crippen LogP contribution in [0.4, 0.5) is 27.5 Å². The van der Waals surface area contributed by atoms with E-state index >= 15 is 0 Å². The summed E-state index contributed by atoms with van der Waals surface area (Å²) in [5.74, 6) is 0. The van der Waals surface area contributed by atoms with E-state index in [1.165, 1.54) is 5.56 Å². The van der Waals surface area contributed by atoms with Crippen LogP contribution in [0.5, 0.6) is 0 Å². The van der Waals surface area contributed by atoms with Gasteiger partial charge in [0.2, 0.25) is 0 Å². The van der Waals surface area contributed by atoms with E-state index in [1.807, 2.05) is 78.9 Å². The second kappa shape index (κ2) is 7.96. The number of anilines is 4. The maximum Gasteiger partial charge on any atom is 0.323 e. The van der Waals surface area contributed by atoms with E-state index in [2.05, 4.69) is 36.7 Å². The van der Waals surface area contributed by atoms with Crippen molar-refractivity contribution in [2.45, 2.75) is 26.2 Å². The van der Waals surface area contributed by atoms with E-state index in [9.17, 15) is 4.79 Å². The van der Waals surface area contributed by atoms with Crippen LogP contribution in [0.25, 0.3) is 0 Å². The summed E-state index contributed by atoms with van der Waals surface area (Å²) in [6.45, 7) is 6.50. The van der Waals surface area contributed by atoms with E-state index in [0.29, 0.717) is 0 Å². The molecule has 0 spiro atoms. The van der Waals surface area contributed by atoms with Gasteiger partial charge in [0, 0.05) is 22.7 Å². The van der Waals surface area contributed by atoms with Gasteiger partial charge in [-0.3, -0.25) is 0 Å². The first kappa shape index (κ1) is 18.5. The molecule has 4 nitrogen and oxygen atoms in total. The van der Waals surface area contributed by atoms with Crippen LogP contribution in [-0.2, 0) is 5.41 Å². The molecule has 27 heavy (non-hydrogen) atoms. The van der Waals surface area contributed by atoms with Gasteiger partial charge in [-0.05, 0) is 59.5 Å². The van der Waals surface area contributed by atoms with E-state index in [4.69, 9.17) is 0 Å². The molecule has 0 aliphatic rings. The normalized spacial score (nSPS) is 10.9. The number of rotatable bonds is 4. The third kappa shape index (κ3) is 5.35. The van der Waals surface area contributed by atoms with Crippen LogP contribution in [-0.4, -0.2) is 6.03 Å². The number of hydrogen-bond donors (Lipinski definition) is 3. The summed E-state index contributed by atoms with van der Waals surface area (Å²) in [6.07, 6.45) is 0. The third-order valence-corrected chi connectivity index (χ3v) is 4.21. The fourth-order valence-electron chi connectivity index (χ4n) is 2.67. The molecule has 2 amide bonds. The van der Waals surface area contributed by atoms with Crippen LogP contribution in [0.1, 0.15) is 26.3 Å². The SMILES string of the molecule is CC(C)(C)c1ccc(NC(=O)Nc2ccc(Nc3ccccc3)cc2)cc1. The second-order valence-electron chi connectivity index (χ2n) is 7.47. The fourth-order valence-corrected chi connectivity index (χ4v) is 2.67. The molecule has 0 bridgehead atoms. The summed E-state index contributed by atoms with van der Waals surface area (Å²) in [6, 6.07) is 25.2. The molecule has 0 fully saturated rings. The van der Waals surface area contributed by atoms with Gasteiger partial charge in [0.1, 0.15) is 0 Å². The zero-order chi connectivity index (χ0) is 19.3. The van der Waals surface area contributed by atoms with E-state index in [1.54, 1.807) is 0 Å². The predicted molar refractivity (Wildman–Crippen MR) is 114 cm³/mol. The van der Waals surface area contributed by atoms with Crippen molar-refractivity contribution in [2.75, 3.05) is 16.0 Å². The first-order valence-corrected chi connectivity index (χ1v) is 9.01. The second-order valence-corrected chi connectivity index (χ2v) is 7.47. The van der Waals surface area contributed by atoms with Crippen LogP contribution in [0.2, 0.25) is 0 Å². The van der Waals surface area contributed by atoms with Gasteiger partial charge in [-0.25, -0.2) is 4.79 Å². The third-order valence-electron chi connectivity index (χ3n) is 4.21. The van der Waals surface area contributed by atoms with Crippen molar-refractivity contribution in [3.63, 3.8) is 0 Å². The fraction of sp³-hybridized carbons (Fsp3) is 0.174. The van der Waals surface area contributed by atoms with E-state index in [-0.39, 0.29) is 11.4 Å². The molecule has 0 saturated heterocycles. The Kier molecular flexibility index (Phi) is 5.46. The first-order valence-electron chi connectivity index (χ1n) is 9.01. The van der Waals surface area contributed by atoms with Crippen LogP contribution in [0.15, 0.2) is 78.9 Å². The minimum absolute atomic E-state index is 0.0936. The van der Waals surface area contributed by atoms with Gasteiger partial charge in [-0.1, -0.05) is 51.1 Å². The van der Waals surface area contributed by atoms with Crippen molar-refractivity contribution >= 4 is 28.8 Å². The maximum absolute atomic E-state index is 12.2. The Morgan fingerprint density at radius 2 is 1.07 bits per heavy atom. The molecule has 3 aromatic carbocycles. The summed E-state index contributed by atoms with van der Waals surface area (Å²) in [7, 11) is 0. The summed E-state index contributed by atoms with van der Waals surface area (Å²) < 4.78 is 0. The molecule has 0 atom stereocenters. The number of benzene rings is 3. The molecule has 3 rings (SSSR count). The van der Waals surface area contributed by atoms with Crippen molar-refractivity contribution in [1.29, 1.82) is 0 Å². The lowest BCUT2D eigenvalue weighted by molar-refractivity contribution is 0.262. The van der Waals surface area contributed by atoms with Crippen molar-refractivity contribution < 1.29 is 4.79 Å². The summed E-state index contributed by atoms with van der Waals surface area (Å²) in [5.41, 5.74) is 4.81. The zero-order valence-electron chi connectivity index (χ0n) is 15.9. The average Bonchev–Trinajstić information content (AvgIpc) is 2.64. The van der Waals surface area contributed by atoms with Gasteiger partial charge >= 0.3 is 6.03 Å². The predicted octanol–water partition coefficient (Wildman–Crippen LogP) is 6.37. The Morgan fingerprint density at radius 1 is 0.630 bits per heavy atom. The lowest BCUT2D eigenvalue weighted by Gasteiger charge is -2.19. The summed E-state index contributed by atoms with van der Waals surface area (Å²) >= 11 is 0. The molecule has 0 aliphatic carbocycles. The number of carbonyl (C=O) groups excluding carboxylic acids is 1. The van der Waals surface area contributed by atoms with Crippen molar-refractivity contribution in [2.24, 2.45) is 0 Å². The van der Waals surface area contributed by atoms with Crippen LogP contribution >= 0.6 is 0 Å². The zero-order valence-corrected chi connectivity index (χ0v) is 15.9. The number of para-hydroxylation sites is 1. The molecule has 4 heteroatoms. The minimum atomic E-state index is -0.262. The minimum Gasteiger partial charge on any atom is -0.356 e. The number of amides is 2. The molecular formula is C23H25N3O. The number of hydrogen-bond acceptors (Lipinski definition) is 2. The molecule has 0 saturated carbocycles. The van der Waals surface area contributed by atoms with Crippen molar-refractivity contribution in [1.82, 2.24) is 0 Å². The van der Waals surface area contributed by atoms with Gasteiger partial charge < -0.3 is 16.0 Å². The van der Waals surface area contributed by atoms with Crippen LogP contribution in [0.3, 0.4) is 0 Å². The monoisotopic (exact) mass is 359 g/mol. The summed E-state index contributed by atoms with van der Waals surface area (Å²) in [4.78, 5) is 12.2. The number of nitrogens with one attached hydrogen (secondary N) is 3. The van der Waals surface area contributed by atoms with Gasteiger partial charge in [-0.2, -0.15) is 0 Å². The lowest BCUT2D eigenvalue weighted by Crippen LogP contribution is -2.19. The molecule has 3 N–H and O–H groups in total. The molecular weight excluding hydrogens is 334 g/mol. The van der Waals surface area contributed by atoms with Crippen LogP contribution in [0, 0.1) is 0 Å². The Morgan fingerprint density at radius 3 is 1.59 bits per heavy atom. The topological polar surface area (TPSA) is 53.2 Å². The highest BCUT2D eigenvalue weighted by atomic mass is 16.2. The lowest BCUT2D eigenvalue weighted by atomic mass is 9.87. The molecule has 0 heterocycles. The van der Waals surface area contributed by atoms with E-state index in [0.717, 1.165) is 22.7 Å².